The zero-order valence-corrected chi connectivity index (χ0v) is 17.3. The summed E-state index contributed by atoms with van der Waals surface area (Å²) in [5.74, 6) is 1.18. The van der Waals surface area contributed by atoms with Gasteiger partial charge in [0, 0.05) is 18.2 Å². The third-order valence-electron chi connectivity index (χ3n) is 4.78. The molecule has 3 rings (SSSR count). The number of hydrogen-bond acceptors (Lipinski definition) is 4. The monoisotopic (exact) mass is 393 g/mol. The maximum Gasteiger partial charge on any atom is 0.272 e. The average molecular weight is 393 g/mol. The number of hydrogen-bond donors (Lipinski definition) is 1. The third kappa shape index (κ3) is 4.59. The van der Waals surface area contributed by atoms with E-state index in [1.165, 1.54) is 0 Å². The van der Waals surface area contributed by atoms with Crippen LogP contribution in [-0.4, -0.2) is 29.9 Å². The molecule has 1 heterocycles. The Bertz CT molecular complexity index is 967. The maximum absolute atomic E-state index is 12.8. The fraction of sp³-hybridized carbons (Fsp3) is 0.304. The van der Waals surface area contributed by atoms with E-state index >= 15 is 0 Å². The number of carbonyl (C=O) groups is 1. The molecule has 1 amide bonds. The van der Waals surface area contributed by atoms with Gasteiger partial charge in [-0.25, -0.2) is 0 Å². The molecule has 1 aromatic heterocycles. The molecule has 0 fully saturated rings. The smallest absolute Gasteiger partial charge is 0.272 e. The molecule has 0 saturated heterocycles. The lowest BCUT2D eigenvalue weighted by Crippen LogP contribution is -2.27. The summed E-state index contributed by atoms with van der Waals surface area (Å²) in [5, 5.41) is 7.59. The number of nitrogens with zero attached hydrogens (tertiary/aromatic N) is 2. The minimum absolute atomic E-state index is 0.112. The second-order valence-corrected chi connectivity index (χ2v) is 6.81. The van der Waals surface area contributed by atoms with E-state index in [2.05, 4.69) is 17.3 Å². The van der Waals surface area contributed by atoms with Crippen LogP contribution in [-0.2, 0) is 6.54 Å². The molecule has 0 bridgehead atoms. The van der Waals surface area contributed by atoms with Crippen LogP contribution in [0.4, 0.5) is 0 Å². The molecule has 2 aromatic carbocycles. The molecule has 6 heteroatoms. The van der Waals surface area contributed by atoms with Crippen molar-refractivity contribution in [3.8, 4) is 22.8 Å². The van der Waals surface area contributed by atoms with E-state index in [1.807, 2.05) is 66.2 Å². The van der Waals surface area contributed by atoms with Gasteiger partial charge in [0.05, 0.1) is 26.0 Å². The SMILES string of the molecule is CCCn1nc(C(=O)NC(C)c2ccccc2)cc1-c1ccc(OC)cc1OC. The predicted molar refractivity (Wildman–Crippen MR) is 113 cm³/mol. The third-order valence-corrected chi connectivity index (χ3v) is 4.78. The quantitative estimate of drug-likeness (QED) is 0.613. The van der Waals surface area contributed by atoms with Gasteiger partial charge in [-0.15, -0.1) is 0 Å². The molecule has 1 N–H and O–H groups in total. The molecular weight excluding hydrogens is 366 g/mol. The van der Waals surface area contributed by atoms with Crippen LogP contribution in [0.25, 0.3) is 11.3 Å². The molecule has 0 aliphatic carbocycles. The number of methoxy groups -OCH3 is 2. The van der Waals surface area contributed by atoms with Crippen molar-refractivity contribution in [2.75, 3.05) is 14.2 Å². The number of nitrogens with one attached hydrogen (secondary N) is 1. The molecule has 0 radical (unpaired) electrons. The Labute approximate surface area is 171 Å². The average Bonchev–Trinajstić information content (AvgIpc) is 3.18. The van der Waals surface area contributed by atoms with Gasteiger partial charge in [-0.2, -0.15) is 5.10 Å². The molecule has 29 heavy (non-hydrogen) atoms. The molecule has 0 spiro atoms. The van der Waals surface area contributed by atoms with Gasteiger partial charge in [0.15, 0.2) is 5.69 Å². The Morgan fingerprint density at radius 3 is 2.52 bits per heavy atom. The van der Waals surface area contributed by atoms with Gasteiger partial charge in [-0.05, 0) is 37.1 Å². The van der Waals surface area contributed by atoms with Gasteiger partial charge in [0.2, 0.25) is 0 Å². The van der Waals surface area contributed by atoms with Crippen LogP contribution in [0.15, 0.2) is 54.6 Å². The van der Waals surface area contributed by atoms with Crippen LogP contribution in [0.5, 0.6) is 11.5 Å². The first-order valence-corrected chi connectivity index (χ1v) is 9.73. The molecule has 0 aliphatic rings. The van der Waals surface area contributed by atoms with Crippen molar-refractivity contribution < 1.29 is 14.3 Å². The fourth-order valence-corrected chi connectivity index (χ4v) is 3.23. The lowest BCUT2D eigenvalue weighted by atomic mass is 10.1. The molecular formula is C23H27N3O3. The van der Waals surface area contributed by atoms with Crippen molar-refractivity contribution in [1.29, 1.82) is 0 Å². The Balaban J connectivity index is 1.92. The van der Waals surface area contributed by atoms with Crippen molar-refractivity contribution in [1.82, 2.24) is 15.1 Å². The molecule has 6 nitrogen and oxygen atoms in total. The summed E-state index contributed by atoms with van der Waals surface area (Å²) in [6.07, 6.45) is 0.897. The molecule has 152 valence electrons. The van der Waals surface area contributed by atoms with E-state index in [4.69, 9.17) is 9.47 Å². The highest BCUT2D eigenvalue weighted by Crippen LogP contribution is 2.34. The number of ether oxygens (including phenoxy) is 2. The summed E-state index contributed by atoms with van der Waals surface area (Å²) < 4.78 is 12.7. The normalized spacial score (nSPS) is 11.7. The summed E-state index contributed by atoms with van der Waals surface area (Å²) in [7, 11) is 3.24. The zero-order chi connectivity index (χ0) is 20.8. The van der Waals surface area contributed by atoms with Crippen LogP contribution in [0.2, 0.25) is 0 Å². The van der Waals surface area contributed by atoms with Gasteiger partial charge < -0.3 is 14.8 Å². The zero-order valence-electron chi connectivity index (χ0n) is 17.3. The first kappa shape index (κ1) is 20.5. The van der Waals surface area contributed by atoms with Crippen LogP contribution in [0, 0.1) is 0 Å². The van der Waals surface area contributed by atoms with Crippen LogP contribution in [0.3, 0.4) is 0 Å². The molecule has 1 atom stereocenters. The summed E-state index contributed by atoms with van der Waals surface area (Å²) in [4.78, 5) is 12.8. The van der Waals surface area contributed by atoms with E-state index < -0.39 is 0 Å². The van der Waals surface area contributed by atoms with Gasteiger partial charge in [-0.3, -0.25) is 9.48 Å². The molecule has 1 unspecified atom stereocenters. The van der Waals surface area contributed by atoms with E-state index in [1.54, 1.807) is 14.2 Å². The van der Waals surface area contributed by atoms with Crippen molar-refractivity contribution in [2.45, 2.75) is 32.9 Å². The highest BCUT2D eigenvalue weighted by atomic mass is 16.5. The lowest BCUT2D eigenvalue weighted by Gasteiger charge is -2.13. The topological polar surface area (TPSA) is 65.4 Å². The first-order valence-electron chi connectivity index (χ1n) is 9.73. The largest absolute Gasteiger partial charge is 0.497 e. The number of amides is 1. The summed E-state index contributed by atoms with van der Waals surface area (Å²) in [6.45, 7) is 4.74. The van der Waals surface area contributed by atoms with E-state index in [-0.39, 0.29) is 11.9 Å². The van der Waals surface area contributed by atoms with E-state index in [0.717, 1.165) is 23.2 Å². The number of rotatable bonds is 8. The molecule has 0 saturated carbocycles. The van der Waals surface area contributed by atoms with Crippen LogP contribution in [0.1, 0.15) is 42.4 Å². The highest BCUT2D eigenvalue weighted by Gasteiger charge is 2.20. The number of aromatic nitrogens is 2. The van der Waals surface area contributed by atoms with Gasteiger partial charge in [0.25, 0.3) is 5.91 Å². The number of aryl methyl sites for hydroxylation is 1. The number of benzene rings is 2. The van der Waals surface area contributed by atoms with Gasteiger partial charge in [-0.1, -0.05) is 37.3 Å². The minimum atomic E-state index is -0.204. The van der Waals surface area contributed by atoms with Crippen molar-refractivity contribution >= 4 is 5.91 Å². The summed E-state index contributed by atoms with van der Waals surface area (Å²) in [6, 6.07) is 17.2. The van der Waals surface area contributed by atoms with E-state index in [9.17, 15) is 4.79 Å². The van der Waals surface area contributed by atoms with Gasteiger partial charge >= 0.3 is 0 Å². The highest BCUT2D eigenvalue weighted by molar-refractivity contribution is 5.94. The van der Waals surface area contributed by atoms with Gasteiger partial charge in [0.1, 0.15) is 11.5 Å². The number of carbonyl (C=O) groups excluding carboxylic acids is 1. The fourth-order valence-electron chi connectivity index (χ4n) is 3.23. The Morgan fingerprint density at radius 2 is 1.86 bits per heavy atom. The maximum atomic E-state index is 12.8. The molecule has 3 aromatic rings. The van der Waals surface area contributed by atoms with E-state index in [0.29, 0.717) is 23.7 Å². The minimum Gasteiger partial charge on any atom is -0.497 e. The predicted octanol–water partition coefficient (Wildman–Crippen LogP) is 4.47. The standard InChI is InChI=1S/C23H27N3O3/c1-5-13-26-21(19-12-11-18(28-3)14-22(19)29-4)15-20(25-26)23(27)24-16(2)17-9-7-6-8-10-17/h6-12,14-16H,5,13H2,1-4H3,(H,24,27). The lowest BCUT2D eigenvalue weighted by molar-refractivity contribution is 0.0934. The second-order valence-electron chi connectivity index (χ2n) is 6.81. The summed E-state index contributed by atoms with van der Waals surface area (Å²) in [5.41, 5.74) is 3.13. The first-order chi connectivity index (χ1) is 14.1. The van der Waals surface area contributed by atoms with Crippen LogP contribution < -0.4 is 14.8 Å². The Hall–Kier alpha value is -3.28. The summed E-state index contributed by atoms with van der Waals surface area (Å²) >= 11 is 0. The van der Waals surface area contributed by atoms with Crippen molar-refractivity contribution in [2.24, 2.45) is 0 Å². The molecule has 0 aliphatic heterocycles. The Kier molecular flexibility index (Phi) is 6.54. The second kappa shape index (κ2) is 9.28. The van der Waals surface area contributed by atoms with Crippen molar-refractivity contribution in [3.63, 3.8) is 0 Å². The van der Waals surface area contributed by atoms with Crippen LogP contribution >= 0.6 is 0 Å². The van der Waals surface area contributed by atoms with Crippen molar-refractivity contribution in [3.05, 3.63) is 65.9 Å². The Morgan fingerprint density at radius 1 is 1.10 bits per heavy atom.